The molecule has 0 spiro atoms. The lowest BCUT2D eigenvalue weighted by Gasteiger charge is -2.09. The number of ether oxygens (including phenoxy) is 1. The Balaban J connectivity index is 2.34. The van der Waals surface area contributed by atoms with E-state index in [9.17, 15) is 4.79 Å². The summed E-state index contributed by atoms with van der Waals surface area (Å²) in [6, 6.07) is 9.36. The number of alkyl halides is 3. The Labute approximate surface area is 141 Å². The molecule has 0 amide bonds. The Morgan fingerprint density at radius 1 is 1.33 bits per heavy atom. The van der Waals surface area contributed by atoms with Crippen molar-refractivity contribution in [3.8, 4) is 0 Å². The first-order valence-electron chi connectivity index (χ1n) is 5.99. The van der Waals surface area contributed by atoms with Gasteiger partial charge in [0.1, 0.15) is 10.6 Å². The highest BCUT2D eigenvalue weighted by Gasteiger charge is 2.34. The van der Waals surface area contributed by atoms with Crippen LogP contribution >= 0.6 is 46.1 Å². The second kappa shape index (κ2) is 6.83. The number of halogens is 3. The van der Waals surface area contributed by atoms with Crippen molar-refractivity contribution in [1.29, 1.82) is 0 Å². The van der Waals surface area contributed by atoms with E-state index in [0.717, 1.165) is 17.0 Å². The molecule has 0 saturated carbocycles. The summed E-state index contributed by atoms with van der Waals surface area (Å²) in [6.45, 7) is 1.94. The van der Waals surface area contributed by atoms with Gasteiger partial charge in [-0.05, 0) is 19.1 Å². The number of anilines is 2. The van der Waals surface area contributed by atoms with Crippen LogP contribution in [0.2, 0.25) is 0 Å². The fourth-order valence-corrected chi connectivity index (χ4v) is 3.06. The topological polar surface area (TPSA) is 51.2 Å². The third kappa shape index (κ3) is 4.23. The first-order chi connectivity index (χ1) is 9.91. The molecule has 0 bridgehead atoms. The van der Waals surface area contributed by atoms with E-state index >= 15 is 0 Å². The van der Waals surface area contributed by atoms with E-state index in [1.807, 2.05) is 30.3 Å². The largest absolute Gasteiger partial charge is 0.462 e. The van der Waals surface area contributed by atoms with E-state index in [1.165, 1.54) is 0 Å². The van der Waals surface area contributed by atoms with Crippen LogP contribution in [0.5, 0.6) is 0 Å². The minimum atomic E-state index is -1.80. The molecule has 1 aromatic heterocycles. The van der Waals surface area contributed by atoms with Crippen molar-refractivity contribution in [3.63, 3.8) is 0 Å². The summed E-state index contributed by atoms with van der Waals surface area (Å²) in [4.78, 5) is 16.3. The lowest BCUT2D eigenvalue weighted by molar-refractivity contribution is 0.0530. The lowest BCUT2D eigenvalue weighted by Crippen LogP contribution is -2.11. The molecule has 1 aromatic carbocycles. The number of aromatic nitrogens is 1. The Morgan fingerprint density at radius 2 is 2.00 bits per heavy atom. The van der Waals surface area contributed by atoms with E-state index in [2.05, 4.69) is 10.3 Å². The molecule has 8 heteroatoms. The van der Waals surface area contributed by atoms with Gasteiger partial charge in [-0.25, -0.2) is 9.78 Å². The summed E-state index contributed by atoms with van der Waals surface area (Å²) < 4.78 is 3.16. The molecule has 0 saturated heterocycles. The van der Waals surface area contributed by atoms with Crippen LogP contribution in [0.1, 0.15) is 22.3 Å². The van der Waals surface area contributed by atoms with Gasteiger partial charge in [-0.2, -0.15) is 0 Å². The highest BCUT2D eigenvalue weighted by molar-refractivity contribution is 7.17. The highest BCUT2D eigenvalue weighted by Crippen LogP contribution is 2.43. The summed E-state index contributed by atoms with van der Waals surface area (Å²) in [5.41, 5.74) is 0.881. The number of esters is 1. The predicted octanol–water partition coefficient (Wildman–Crippen LogP) is 4.89. The van der Waals surface area contributed by atoms with Gasteiger partial charge < -0.3 is 10.1 Å². The molecule has 0 aliphatic rings. The van der Waals surface area contributed by atoms with Crippen LogP contribution in [0.3, 0.4) is 0 Å². The normalized spacial score (nSPS) is 11.2. The second-order valence-corrected chi connectivity index (χ2v) is 7.19. The number of carbonyl (C=O) groups excluding carboxylic acids is 1. The molecular weight excluding hydrogens is 355 g/mol. The number of hydrogen-bond donors (Lipinski definition) is 1. The maximum absolute atomic E-state index is 11.9. The molecule has 0 radical (unpaired) electrons. The zero-order valence-corrected chi connectivity index (χ0v) is 14.0. The van der Waals surface area contributed by atoms with E-state index in [4.69, 9.17) is 39.5 Å². The van der Waals surface area contributed by atoms with Gasteiger partial charge in [-0.15, -0.1) is 0 Å². The molecule has 0 aliphatic heterocycles. The van der Waals surface area contributed by atoms with Crippen LogP contribution in [0.25, 0.3) is 0 Å². The summed E-state index contributed by atoms with van der Waals surface area (Å²) in [5.74, 6) is -0.558. The summed E-state index contributed by atoms with van der Waals surface area (Å²) in [7, 11) is 0. The highest BCUT2D eigenvalue weighted by atomic mass is 35.6. The number of hydrogen-bond acceptors (Lipinski definition) is 5. The van der Waals surface area contributed by atoms with E-state index < -0.39 is 9.76 Å². The van der Waals surface area contributed by atoms with Crippen LogP contribution in [-0.2, 0) is 8.53 Å². The summed E-state index contributed by atoms with van der Waals surface area (Å²) in [5, 5.41) is 3.51. The van der Waals surface area contributed by atoms with Gasteiger partial charge in [-0.3, -0.25) is 0 Å². The van der Waals surface area contributed by atoms with Gasteiger partial charge >= 0.3 is 5.97 Å². The van der Waals surface area contributed by atoms with Crippen molar-refractivity contribution in [1.82, 2.24) is 4.98 Å². The number of benzene rings is 1. The number of nitrogens with one attached hydrogen (secondary N) is 1. The minimum absolute atomic E-state index is 0.0642. The Bertz CT molecular complexity index is 626. The van der Waals surface area contributed by atoms with Crippen molar-refractivity contribution < 1.29 is 9.53 Å². The molecule has 4 nitrogen and oxygen atoms in total. The lowest BCUT2D eigenvalue weighted by atomic mass is 10.3. The Morgan fingerprint density at radius 3 is 2.57 bits per heavy atom. The molecule has 0 unspecified atom stereocenters. The molecule has 21 heavy (non-hydrogen) atoms. The third-order valence-corrected chi connectivity index (χ3v) is 3.87. The van der Waals surface area contributed by atoms with Crippen molar-refractivity contribution in [2.45, 2.75) is 10.7 Å². The maximum atomic E-state index is 11.9. The zero-order valence-electron chi connectivity index (χ0n) is 10.9. The van der Waals surface area contributed by atoms with Crippen LogP contribution in [-0.4, -0.2) is 17.6 Å². The van der Waals surface area contributed by atoms with Crippen LogP contribution in [0.4, 0.5) is 10.8 Å². The fraction of sp³-hybridized carbons (Fsp3) is 0.231. The molecular formula is C13H11Cl3N2O2S. The van der Waals surface area contributed by atoms with E-state index in [0.29, 0.717) is 5.13 Å². The second-order valence-electron chi connectivity index (χ2n) is 3.91. The minimum Gasteiger partial charge on any atom is -0.462 e. The average molecular weight is 366 g/mol. The molecule has 2 rings (SSSR count). The van der Waals surface area contributed by atoms with Crippen LogP contribution in [0.15, 0.2) is 30.3 Å². The number of rotatable bonds is 4. The zero-order chi connectivity index (χ0) is 15.5. The smallest absolute Gasteiger partial charge is 0.350 e. The first-order valence-corrected chi connectivity index (χ1v) is 7.94. The predicted molar refractivity (Wildman–Crippen MR) is 87.0 cm³/mol. The first kappa shape index (κ1) is 16.4. The van der Waals surface area contributed by atoms with Crippen molar-refractivity contribution in [3.05, 3.63) is 40.9 Å². The fourth-order valence-electron chi connectivity index (χ4n) is 1.55. The van der Waals surface area contributed by atoms with Crippen molar-refractivity contribution in [2.75, 3.05) is 11.9 Å². The number of para-hydroxylation sites is 1. The van der Waals surface area contributed by atoms with Gasteiger partial charge in [0.25, 0.3) is 0 Å². The average Bonchev–Trinajstić information content (AvgIpc) is 2.84. The van der Waals surface area contributed by atoms with Crippen LogP contribution < -0.4 is 5.32 Å². The van der Waals surface area contributed by atoms with E-state index in [1.54, 1.807) is 6.92 Å². The number of thiazole rings is 1. The molecule has 0 atom stereocenters. The van der Waals surface area contributed by atoms with Gasteiger partial charge in [0.05, 0.1) is 6.61 Å². The summed E-state index contributed by atoms with van der Waals surface area (Å²) in [6.07, 6.45) is 0. The molecule has 2 aromatic rings. The SMILES string of the molecule is CCOC(=O)c1sc(Nc2ccccc2)nc1C(Cl)(Cl)Cl. The van der Waals surface area contributed by atoms with E-state index in [-0.39, 0.29) is 17.2 Å². The summed E-state index contributed by atoms with van der Waals surface area (Å²) >= 11 is 18.7. The maximum Gasteiger partial charge on any atom is 0.350 e. The molecule has 112 valence electrons. The standard InChI is InChI=1S/C13H11Cl3N2O2S/c1-2-20-11(19)9-10(13(14,15)16)18-12(21-9)17-8-6-4-3-5-7-8/h3-7H,2H2,1H3,(H,17,18). The van der Waals surface area contributed by atoms with Crippen LogP contribution in [0, 0.1) is 0 Å². The van der Waals surface area contributed by atoms with Gasteiger partial charge in [-0.1, -0.05) is 64.3 Å². The quantitative estimate of drug-likeness (QED) is 0.619. The van der Waals surface area contributed by atoms with Gasteiger partial charge in [0.15, 0.2) is 5.13 Å². The van der Waals surface area contributed by atoms with Gasteiger partial charge in [0.2, 0.25) is 3.79 Å². The number of carbonyl (C=O) groups is 1. The van der Waals surface area contributed by atoms with Crippen molar-refractivity contribution >= 4 is 62.9 Å². The number of nitrogens with zero attached hydrogens (tertiary/aromatic N) is 1. The Kier molecular flexibility index (Phi) is 5.32. The van der Waals surface area contributed by atoms with Crippen molar-refractivity contribution in [2.24, 2.45) is 0 Å². The third-order valence-electron chi connectivity index (χ3n) is 2.38. The van der Waals surface area contributed by atoms with Gasteiger partial charge in [0, 0.05) is 5.69 Å². The molecule has 1 N–H and O–H groups in total. The molecule has 1 heterocycles. The monoisotopic (exact) mass is 364 g/mol. The molecule has 0 aliphatic carbocycles. The molecule has 0 fully saturated rings. The Hall–Kier alpha value is -1.01.